The third-order valence-electron chi connectivity index (χ3n) is 6.97. The molecule has 0 aliphatic carbocycles. The minimum absolute atomic E-state index is 0.0758. The van der Waals surface area contributed by atoms with Crippen molar-refractivity contribution in [2.75, 3.05) is 20.3 Å². The van der Waals surface area contributed by atoms with E-state index in [4.69, 9.17) is 9.47 Å². The summed E-state index contributed by atoms with van der Waals surface area (Å²) in [6.07, 6.45) is 2.28. The number of aromatic nitrogens is 1. The minimum Gasteiger partial charge on any atom is -0.507 e. The summed E-state index contributed by atoms with van der Waals surface area (Å²) in [5, 5.41) is 23.5. The number of Topliss-reactive ketones (excluding diaryl/α,β-unsaturated/α-hetero) is 1. The molecular formula is C30H27N3O7. The molecule has 0 bridgehead atoms. The van der Waals surface area contributed by atoms with Gasteiger partial charge in [0.05, 0.1) is 30.3 Å². The second-order valence-electron chi connectivity index (χ2n) is 9.28. The number of ketones is 1. The number of likely N-dealkylation sites (tertiary alicyclic amines) is 1. The van der Waals surface area contributed by atoms with Crippen LogP contribution in [0, 0.1) is 10.1 Å². The second kappa shape index (κ2) is 10.9. The maximum Gasteiger partial charge on any atom is 0.295 e. The molecule has 1 unspecified atom stereocenters. The number of nitrogens with one attached hydrogen (secondary N) is 1. The number of amides is 1. The Hall–Kier alpha value is -5.12. The molecule has 0 spiro atoms. The largest absolute Gasteiger partial charge is 0.507 e. The van der Waals surface area contributed by atoms with Crippen LogP contribution in [0.25, 0.3) is 16.7 Å². The molecule has 10 nitrogen and oxygen atoms in total. The van der Waals surface area contributed by atoms with Crippen LogP contribution < -0.4 is 9.47 Å². The lowest BCUT2D eigenvalue weighted by Gasteiger charge is -2.25. The molecule has 0 saturated carbocycles. The van der Waals surface area contributed by atoms with Gasteiger partial charge in [-0.3, -0.25) is 19.7 Å². The van der Waals surface area contributed by atoms with Gasteiger partial charge < -0.3 is 24.5 Å². The molecule has 40 heavy (non-hydrogen) atoms. The normalized spacial score (nSPS) is 16.4. The summed E-state index contributed by atoms with van der Waals surface area (Å²) >= 11 is 0. The van der Waals surface area contributed by atoms with Crippen molar-refractivity contribution in [1.82, 2.24) is 9.88 Å². The smallest absolute Gasteiger partial charge is 0.295 e. The summed E-state index contributed by atoms with van der Waals surface area (Å²) in [7, 11) is 1.59. The lowest BCUT2D eigenvalue weighted by atomic mass is 9.95. The fraction of sp³-hybridized carbons (Fsp3) is 0.200. The number of methoxy groups -OCH3 is 1. The quantitative estimate of drug-likeness (QED) is 0.0984. The summed E-state index contributed by atoms with van der Waals surface area (Å²) in [4.78, 5) is 42.1. The van der Waals surface area contributed by atoms with E-state index in [1.807, 2.05) is 31.3 Å². The van der Waals surface area contributed by atoms with Gasteiger partial charge in [0.25, 0.3) is 17.4 Å². The van der Waals surface area contributed by atoms with Crippen molar-refractivity contribution in [2.24, 2.45) is 0 Å². The van der Waals surface area contributed by atoms with E-state index in [-0.39, 0.29) is 23.4 Å². The Balaban J connectivity index is 1.56. The standard InChI is InChI=1S/C30H27N3O7/c1-3-40-22-9-7-18(8-10-22)27-26(28(34)19-5-4-6-21(15-19)33(37)38)29(35)30(36)32(27)14-13-20-17-31-25-12-11-23(39-2)16-24(20)25/h4-12,15-17,27,31,34H,3,13-14H2,1-2H3/b28-26-. The molecule has 1 atom stereocenters. The molecule has 1 saturated heterocycles. The molecule has 1 aliphatic rings. The molecule has 5 rings (SSSR count). The third-order valence-corrected chi connectivity index (χ3v) is 6.97. The number of non-ortho nitro benzene ring substituents is 1. The second-order valence-corrected chi connectivity index (χ2v) is 9.28. The van der Waals surface area contributed by atoms with Gasteiger partial charge in [-0.15, -0.1) is 0 Å². The first-order chi connectivity index (χ1) is 19.3. The Morgan fingerprint density at radius 2 is 1.82 bits per heavy atom. The zero-order valence-electron chi connectivity index (χ0n) is 21.9. The number of aromatic amines is 1. The van der Waals surface area contributed by atoms with Crippen molar-refractivity contribution in [2.45, 2.75) is 19.4 Å². The number of benzene rings is 3. The molecule has 1 aromatic heterocycles. The van der Waals surface area contributed by atoms with Gasteiger partial charge in [-0.05, 0) is 54.8 Å². The maximum absolute atomic E-state index is 13.4. The van der Waals surface area contributed by atoms with Crippen LogP contribution in [-0.2, 0) is 16.0 Å². The highest BCUT2D eigenvalue weighted by molar-refractivity contribution is 6.46. The number of nitrogens with zero attached hydrogens (tertiary/aromatic N) is 2. The minimum atomic E-state index is -0.908. The fourth-order valence-corrected chi connectivity index (χ4v) is 5.02. The summed E-state index contributed by atoms with van der Waals surface area (Å²) in [6, 6.07) is 17.0. The van der Waals surface area contributed by atoms with E-state index in [1.165, 1.54) is 29.2 Å². The van der Waals surface area contributed by atoms with Crippen LogP contribution in [0.2, 0.25) is 0 Å². The molecule has 10 heteroatoms. The number of hydrogen-bond acceptors (Lipinski definition) is 7. The van der Waals surface area contributed by atoms with E-state index < -0.39 is 28.4 Å². The van der Waals surface area contributed by atoms with Gasteiger partial charge in [0.2, 0.25) is 0 Å². The zero-order chi connectivity index (χ0) is 28.4. The van der Waals surface area contributed by atoms with E-state index in [2.05, 4.69) is 4.98 Å². The highest BCUT2D eigenvalue weighted by Crippen LogP contribution is 2.40. The SMILES string of the molecule is CCOc1ccc(C2/C(=C(/O)c3cccc([N+](=O)[O-])c3)C(=O)C(=O)N2CCc2c[nH]c3ccc(OC)cc23)cc1. The van der Waals surface area contributed by atoms with E-state index >= 15 is 0 Å². The molecule has 2 N–H and O–H groups in total. The van der Waals surface area contributed by atoms with Gasteiger partial charge in [-0.25, -0.2) is 0 Å². The van der Waals surface area contributed by atoms with Crippen molar-refractivity contribution < 1.29 is 29.1 Å². The average Bonchev–Trinajstić information content (AvgIpc) is 3.49. The number of hydrogen-bond donors (Lipinski definition) is 2. The molecule has 204 valence electrons. The number of rotatable bonds is 9. The van der Waals surface area contributed by atoms with Gasteiger partial charge in [0.1, 0.15) is 17.3 Å². The van der Waals surface area contributed by atoms with Gasteiger partial charge >= 0.3 is 0 Å². The first-order valence-electron chi connectivity index (χ1n) is 12.7. The van der Waals surface area contributed by atoms with Gasteiger partial charge in [-0.2, -0.15) is 0 Å². The summed E-state index contributed by atoms with van der Waals surface area (Å²) in [6.45, 7) is 2.51. The van der Waals surface area contributed by atoms with E-state index in [9.17, 15) is 24.8 Å². The molecule has 3 aromatic carbocycles. The van der Waals surface area contributed by atoms with Crippen LogP contribution in [0.4, 0.5) is 5.69 Å². The Labute approximate surface area is 229 Å². The van der Waals surface area contributed by atoms with Crippen molar-refractivity contribution in [3.05, 3.63) is 105 Å². The average molecular weight is 542 g/mol. The first kappa shape index (κ1) is 26.5. The van der Waals surface area contributed by atoms with E-state index in [1.54, 1.807) is 31.4 Å². The number of fused-ring (bicyclic) bond motifs is 1. The molecule has 4 aromatic rings. The van der Waals surface area contributed by atoms with Crippen molar-refractivity contribution in [3.63, 3.8) is 0 Å². The van der Waals surface area contributed by atoms with E-state index in [0.717, 1.165) is 16.5 Å². The summed E-state index contributed by atoms with van der Waals surface area (Å²) in [5.41, 5.74) is 2.13. The molecule has 1 fully saturated rings. The summed E-state index contributed by atoms with van der Waals surface area (Å²) in [5.74, 6) is -0.776. The van der Waals surface area contributed by atoms with Crippen LogP contribution >= 0.6 is 0 Å². The van der Waals surface area contributed by atoms with Crippen LogP contribution in [0.1, 0.15) is 29.7 Å². The van der Waals surface area contributed by atoms with Crippen LogP contribution in [0.15, 0.2) is 78.5 Å². The molecule has 0 radical (unpaired) electrons. The highest BCUT2D eigenvalue weighted by Gasteiger charge is 2.46. The van der Waals surface area contributed by atoms with Crippen molar-refractivity contribution in [3.8, 4) is 11.5 Å². The predicted molar refractivity (Wildman–Crippen MR) is 148 cm³/mol. The van der Waals surface area contributed by atoms with Gasteiger partial charge in [0, 0.05) is 41.3 Å². The van der Waals surface area contributed by atoms with Crippen LogP contribution in [-0.4, -0.2) is 51.9 Å². The number of nitro groups is 1. The molecule has 1 aliphatic heterocycles. The number of H-pyrrole nitrogens is 1. The fourth-order valence-electron chi connectivity index (χ4n) is 5.02. The van der Waals surface area contributed by atoms with Crippen molar-refractivity contribution >= 4 is 34.0 Å². The highest BCUT2D eigenvalue weighted by atomic mass is 16.6. The Morgan fingerprint density at radius 3 is 2.52 bits per heavy atom. The van der Waals surface area contributed by atoms with E-state index in [0.29, 0.717) is 30.1 Å². The summed E-state index contributed by atoms with van der Waals surface area (Å²) < 4.78 is 10.9. The Morgan fingerprint density at radius 1 is 1.07 bits per heavy atom. The number of ether oxygens (including phenoxy) is 2. The van der Waals surface area contributed by atoms with Crippen LogP contribution in [0.5, 0.6) is 11.5 Å². The monoisotopic (exact) mass is 541 g/mol. The Kier molecular flexibility index (Phi) is 7.24. The number of nitro benzene ring substituents is 1. The van der Waals surface area contributed by atoms with Crippen molar-refractivity contribution in [1.29, 1.82) is 0 Å². The zero-order valence-corrected chi connectivity index (χ0v) is 21.9. The molecular weight excluding hydrogens is 514 g/mol. The maximum atomic E-state index is 13.4. The number of aliphatic hydroxyl groups excluding tert-OH is 1. The third kappa shape index (κ3) is 4.86. The lowest BCUT2D eigenvalue weighted by Crippen LogP contribution is -2.31. The number of aliphatic hydroxyl groups is 1. The number of carbonyl (C=O) groups is 2. The topological polar surface area (TPSA) is 135 Å². The Bertz CT molecular complexity index is 1640. The molecule has 1 amide bonds. The molecule has 2 heterocycles. The first-order valence-corrected chi connectivity index (χ1v) is 12.7. The van der Waals surface area contributed by atoms with Gasteiger partial charge in [0.15, 0.2) is 0 Å². The number of carbonyl (C=O) groups excluding carboxylic acids is 2. The van der Waals surface area contributed by atoms with Crippen LogP contribution in [0.3, 0.4) is 0 Å². The predicted octanol–water partition coefficient (Wildman–Crippen LogP) is 5.15. The lowest BCUT2D eigenvalue weighted by molar-refractivity contribution is -0.384. The van der Waals surface area contributed by atoms with Gasteiger partial charge in [-0.1, -0.05) is 24.3 Å².